The van der Waals surface area contributed by atoms with E-state index >= 15 is 0 Å². The zero-order valence-electron chi connectivity index (χ0n) is 10.4. The van der Waals surface area contributed by atoms with Crippen LogP contribution < -0.4 is 0 Å². The normalized spacial score (nSPS) is 14.6. The molecule has 0 fully saturated rings. The molecule has 0 aliphatic carbocycles. The molecule has 1 rings (SSSR count). The van der Waals surface area contributed by atoms with Crippen molar-refractivity contribution in [1.29, 1.82) is 0 Å². The smallest absolute Gasteiger partial charge is 0.129 e. The summed E-state index contributed by atoms with van der Waals surface area (Å²) in [6, 6.07) is 3.23. The Kier molecular flexibility index (Phi) is 5.56. The van der Waals surface area contributed by atoms with Crippen molar-refractivity contribution in [2.45, 2.75) is 45.6 Å². The van der Waals surface area contributed by atoms with Crippen LogP contribution in [0.2, 0.25) is 0 Å². The van der Waals surface area contributed by atoms with E-state index in [0.717, 1.165) is 43.9 Å². The number of hydrogen-bond acceptors (Lipinski definition) is 1. The van der Waals surface area contributed by atoms with Gasteiger partial charge in [0.15, 0.2) is 0 Å². The first kappa shape index (κ1) is 14.1. The predicted molar refractivity (Wildman–Crippen MR) is 64.6 cm³/mol. The Labute approximate surface area is 101 Å². The second-order valence-electron chi connectivity index (χ2n) is 4.42. The van der Waals surface area contributed by atoms with Crippen LogP contribution >= 0.6 is 0 Å². The number of halogens is 2. The molecule has 1 nitrogen and oxygen atoms in total. The van der Waals surface area contributed by atoms with E-state index < -0.39 is 17.7 Å². The van der Waals surface area contributed by atoms with Gasteiger partial charge in [-0.25, -0.2) is 8.78 Å². The lowest BCUT2D eigenvalue weighted by atomic mass is 9.89. The number of benzene rings is 1. The van der Waals surface area contributed by atoms with Crippen LogP contribution in [-0.2, 0) is 0 Å². The number of unbranched alkanes of at least 4 members (excludes halogenated alkanes) is 1. The zero-order valence-corrected chi connectivity index (χ0v) is 10.4. The van der Waals surface area contributed by atoms with Gasteiger partial charge in [0.1, 0.15) is 11.6 Å². The zero-order chi connectivity index (χ0) is 12.8. The molecule has 0 amide bonds. The van der Waals surface area contributed by atoms with Crippen molar-refractivity contribution in [2.75, 3.05) is 0 Å². The fourth-order valence-corrected chi connectivity index (χ4v) is 2.05. The van der Waals surface area contributed by atoms with E-state index in [0.29, 0.717) is 0 Å². The minimum atomic E-state index is -0.915. The summed E-state index contributed by atoms with van der Waals surface area (Å²) in [5, 5.41) is 10.1. The van der Waals surface area contributed by atoms with Gasteiger partial charge in [-0.05, 0) is 30.5 Å². The Morgan fingerprint density at radius 2 is 1.94 bits per heavy atom. The molecule has 0 saturated carbocycles. The molecule has 0 saturated heterocycles. The van der Waals surface area contributed by atoms with Crippen LogP contribution in [0.4, 0.5) is 8.78 Å². The average molecular weight is 242 g/mol. The molecule has 0 aromatic heterocycles. The molecule has 0 radical (unpaired) electrons. The maximum Gasteiger partial charge on any atom is 0.129 e. The quantitative estimate of drug-likeness (QED) is 0.792. The van der Waals surface area contributed by atoms with E-state index in [4.69, 9.17) is 0 Å². The molecule has 0 heterocycles. The van der Waals surface area contributed by atoms with E-state index in [-0.39, 0.29) is 11.5 Å². The van der Waals surface area contributed by atoms with E-state index in [9.17, 15) is 13.9 Å². The van der Waals surface area contributed by atoms with Crippen LogP contribution in [-0.4, -0.2) is 5.11 Å². The molecule has 1 aromatic rings. The minimum absolute atomic E-state index is 0.00810. The average Bonchev–Trinajstić information content (AvgIpc) is 2.33. The van der Waals surface area contributed by atoms with E-state index in [2.05, 4.69) is 6.92 Å². The predicted octanol–water partition coefficient (Wildman–Crippen LogP) is 4.21. The molecule has 1 aromatic carbocycles. The minimum Gasteiger partial charge on any atom is -0.388 e. The molecule has 3 heteroatoms. The van der Waals surface area contributed by atoms with Crippen LogP contribution in [0.3, 0.4) is 0 Å². The molecule has 2 unspecified atom stereocenters. The lowest BCUT2D eigenvalue weighted by Crippen LogP contribution is -2.13. The Morgan fingerprint density at radius 1 is 1.24 bits per heavy atom. The first-order valence-corrected chi connectivity index (χ1v) is 6.23. The van der Waals surface area contributed by atoms with Gasteiger partial charge in [0.05, 0.1) is 6.10 Å². The Morgan fingerprint density at radius 3 is 2.53 bits per heavy atom. The maximum atomic E-state index is 13.5. The van der Waals surface area contributed by atoms with Crippen LogP contribution in [0.15, 0.2) is 18.2 Å². The van der Waals surface area contributed by atoms with Gasteiger partial charge >= 0.3 is 0 Å². The molecule has 96 valence electrons. The highest BCUT2D eigenvalue weighted by Gasteiger charge is 2.22. The highest BCUT2D eigenvalue weighted by atomic mass is 19.1. The Balaban J connectivity index is 2.85. The van der Waals surface area contributed by atoms with Gasteiger partial charge < -0.3 is 5.11 Å². The summed E-state index contributed by atoms with van der Waals surface area (Å²) < 4.78 is 26.6. The van der Waals surface area contributed by atoms with Gasteiger partial charge in [0.2, 0.25) is 0 Å². The molecular weight excluding hydrogens is 222 g/mol. The van der Waals surface area contributed by atoms with Gasteiger partial charge in [0.25, 0.3) is 0 Å². The summed E-state index contributed by atoms with van der Waals surface area (Å²) in [5.41, 5.74) is 0.0768. The van der Waals surface area contributed by atoms with Gasteiger partial charge in [-0.15, -0.1) is 0 Å². The molecule has 2 atom stereocenters. The first-order valence-electron chi connectivity index (χ1n) is 6.23. The second-order valence-corrected chi connectivity index (χ2v) is 4.42. The fraction of sp³-hybridized carbons (Fsp3) is 0.571. The number of rotatable bonds is 6. The lowest BCUT2D eigenvalue weighted by Gasteiger charge is -2.22. The van der Waals surface area contributed by atoms with Crippen molar-refractivity contribution in [1.82, 2.24) is 0 Å². The van der Waals surface area contributed by atoms with Gasteiger partial charge in [-0.3, -0.25) is 0 Å². The van der Waals surface area contributed by atoms with Crippen molar-refractivity contribution in [2.24, 2.45) is 5.92 Å². The van der Waals surface area contributed by atoms with Crippen molar-refractivity contribution in [3.63, 3.8) is 0 Å². The van der Waals surface area contributed by atoms with Gasteiger partial charge in [-0.2, -0.15) is 0 Å². The van der Waals surface area contributed by atoms with Gasteiger partial charge in [0, 0.05) is 5.56 Å². The van der Waals surface area contributed by atoms with Crippen molar-refractivity contribution in [3.05, 3.63) is 35.4 Å². The summed E-state index contributed by atoms with van der Waals surface area (Å²) in [6.07, 6.45) is 2.71. The fourth-order valence-electron chi connectivity index (χ4n) is 2.05. The molecule has 0 bridgehead atoms. The number of aliphatic hydroxyl groups is 1. The van der Waals surface area contributed by atoms with Crippen LogP contribution in [0.25, 0.3) is 0 Å². The van der Waals surface area contributed by atoms with Crippen LogP contribution in [0.1, 0.15) is 51.2 Å². The van der Waals surface area contributed by atoms with Crippen molar-refractivity contribution in [3.8, 4) is 0 Å². The molecule has 17 heavy (non-hydrogen) atoms. The summed E-state index contributed by atoms with van der Waals surface area (Å²) in [5.74, 6) is -1.05. The Bertz CT molecular complexity index is 352. The SMILES string of the molecule is CCCCC(CC)C(O)c1cc(F)ccc1F. The van der Waals surface area contributed by atoms with Crippen molar-refractivity contribution >= 4 is 0 Å². The largest absolute Gasteiger partial charge is 0.388 e. The monoisotopic (exact) mass is 242 g/mol. The van der Waals surface area contributed by atoms with Crippen LogP contribution in [0.5, 0.6) is 0 Å². The third kappa shape index (κ3) is 3.77. The highest BCUT2D eigenvalue weighted by molar-refractivity contribution is 5.21. The van der Waals surface area contributed by atoms with Gasteiger partial charge in [-0.1, -0.05) is 33.1 Å². The van der Waals surface area contributed by atoms with E-state index in [1.807, 2.05) is 6.92 Å². The van der Waals surface area contributed by atoms with Crippen molar-refractivity contribution < 1.29 is 13.9 Å². The number of hydrogen-bond donors (Lipinski definition) is 1. The summed E-state index contributed by atoms with van der Waals surface area (Å²) in [4.78, 5) is 0. The third-order valence-corrected chi connectivity index (χ3v) is 3.18. The topological polar surface area (TPSA) is 20.2 Å². The summed E-state index contributed by atoms with van der Waals surface area (Å²) in [6.45, 7) is 4.03. The molecule has 0 aliphatic rings. The van der Waals surface area contributed by atoms with Crippen LogP contribution in [0, 0.1) is 17.6 Å². The van der Waals surface area contributed by atoms with E-state index in [1.54, 1.807) is 0 Å². The number of aliphatic hydroxyl groups excluding tert-OH is 1. The third-order valence-electron chi connectivity index (χ3n) is 3.18. The molecule has 0 spiro atoms. The maximum absolute atomic E-state index is 13.5. The van der Waals surface area contributed by atoms with E-state index in [1.165, 1.54) is 0 Å². The standard InChI is InChI=1S/C14H20F2O/c1-3-5-6-10(4-2)14(17)12-9-11(15)7-8-13(12)16/h7-10,14,17H,3-6H2,1-2H3. The highest BCUT2D eigenvalue weighted by Crippen LogP contribution is 2.30. The summed E-state index contributed by atoms with van der Waals surface area (Å²) >= 11 is 0. The second kappa shape index (κ2) is 6.70. The lowest BCUT2D eigenvalue weighted by molar-refractivity contribution is 0.0950. The first-order chi connectivity index (χ1) is 8.10. The Hall–Kier alpha value is -0.960. The summed E-state index contributed by atoms with van der Waals surface area (Å²) in [7, 11) is 0. The molecule has 1 N–H and O–H groups in total. The molecule has 0 aliphatic heterocycles. The molecular formula is C14H20F2O.